The van der Waals surface area contributed by atoms with Gasteiger partial charge in [0, 0.05) is 11.8 Å². The molecule has 0 bridgehead atoms. The zero-order chi connectivity index (χ0) is 14.7. The van der Waals surface area contributed by atoms with Crippen molar-refractivity contribution in [2.75, 3.05) is 0 Å². The van der Waals surface area contributed by atoms with Crippen molar-refractivity contribution < 1.29 is 19.6 Å². The van der Waals surface area contributed by atoms with Crippen molar-refractivity contribution in [1.82, 2.24) is 4.98 Å². The Balaban J connectivity index is 2.14. The highest BCUT2D eigenvalue weighted by Crippen LogP contribution is 2.26. The Labute approximate surface area is 117 Å². The van der Waals surface area contributed by atoms with Crippen LogP contribution in [0.2, 0.25) is 0 Å². The van der Waals surface area contributed by atoms with Gasteiger partial charge in [0.05, 0.1) is 0 Å². The molecule has 0 aromatic carbocycles. The van der Waals surface area contributed by atoms with E-state index in [0.29, 0.717) is 10.6 Å². The third kappa shape index (κ3) is 3.09. The Bertz CT molecular complexity index is 668. The first-order valence-electron chi connectivity index (χ1n) is 5.54. The van der Waals surface area contributed by atoms with E-state index in [1.807, 2.05) is 0 Å². The van der Waals surface area contributed by atoms with Crippen molar-refractivity contribution in [3.8, 4) is 5.75 Å². The average Bonchev–Trinajstić information content (AvgIpc) is 2.86. The summed E-state index contributed by atoms with van der Waals surface area (Å²) in [6.07, 6.45) is 0. The quantitative estimate of drug-likeness (QED) is 0.671. The lowest BCUT2D eigenvalue weighted by atomic mass is 10.3. The molecule has 0 amide bonds. The van der Waals surface area contributed by atoms with Crippen LogP contribution in [0, 0.1) is 17.0 Å². The Morgan fingerprint density at radius 2 is 2.20 bits per heavy atom. The van der Waals surface area contributed by atoms with E-state index in [1.165, 1.54) is 12.1 Å². The first kappa shape index (κ1) is 13.9. The Hall–Kier alpha value is -2.48. The second kappa shape index (κ2) is 5.66. The van der Waals surface area contributed by atoms with Crippen LogP contribution in [-0.4, -0.2) is 21.0 Å². The molecule has 0 aliphatic carbocycles. The highest BCUT2D eigenvalue weighted by atomic mass is 32.1. The lowest BCUT2D eigenvalue weighted by molar-refractivity contribution is -0.390. The number of thiophene rings is 1. The molecule has 0 aliphatic rings. The molecular formula is C12H10N2O5S. The Morgan fingerprint density at radius 3 is 2.80 bits per heavy atom. The molecule has 2 aromatic rings. The van der Waals surface area contributed by atoms with Gasteiger partial charge in [0.25, 0.3) is 0 Å². The van der Waals surface area contributed by atoms with Crippen LogP contribution in [0.3, 0.4) is 0 Å². The molecule has 2 rings (SSSR count). The first-order chi connectivity index (χ1) is 9.47. The predicted octanol–water partition coefficient (Wildman–Crippen LogP) is 2.64. The van der Waals surface area contributed by atoms with E-state index in [4.69, 9.17) is 9.84 Å². The molecule has 0 saturated carbocycles. The number of nitrogens with zero attached hydrogens (tertiary/aromatic N) is 2. The SMILES string of the molecule is Cc1ccc(OCc2ccc(C(=O)O)s2)c([N+](=O)[O-])n1. The monoisotopic (exact) mass is 294 g/mol. The van der Waals surface area contributed by atoms with Gasteiger partial charge in [-0.25, -0.2) is 4.79 Å². The van der Waals surface area contributed by atoms with Gasteiger partial charge in [-0.05, 0) is 34.2 Å². The Kier molecular flexibility index (Phi) is 3.94. The Morgan fingerprint density at radius 1 is 1.45 bits per heavy atom. The first-order valence-corrected chi connectivity index (χ1v) is 6.36. The van der Waals surface area contributed by atoms with Crippen LogP contribution in [-0.2, 0) is 6.61 Å². The van der Waals surface area contributed by atoms with Gasteiger partial charge < -0.3 is 20.0 Å². The van der Waals surface area contributed by atoms with Crippen LogP contribution in [0.4, 0.5) is 5.82 Å². The van der Waals surface area contributed by atoms with Gasteiger partial charge in [-0.15, -0.1) is 11.3 Å². The van der Waals surface area contributed by atoms with E-state index in [1.54, 1.807) is 19.1 Å². The van der Waals surface area contributed by atoms with Crippen LogP contribution >= 0.6 is 11.3 Å². The number of nitro groups is 1. The van der Waals surface area contributed by atoms with Gasteiger partial charge >= 0.3 is 11.8 Å². The van der Waals surface area contributed by atoms with Crippen LogP contribution in [0.5, 0.6) is 5.75 Å². The molecule has 1 N–H and O–H groups in total. The maximum Gasteiger partial charge on any atom is 0.406 e. The molecule has 0 radical (unpaired) electrons. The summed E-state index contributed by atoms with van der Waals surface area (Å²) in [5, 5.41) is 19.7. The molecule has 20 heavy (non-hydrogen) atoms. The number of hydrogen-bond donors (Lipinski definition) is 1. The van der Waals surface area contributed by atoms with Gasteiger partial charge in [-0.3, -0.25) is 0 Å². The second-order valence-corrected chi connectivity index (χ2v) is 5.06. The fourth-order valence-electron chi connectivity index (χ4n) is 1.49. The van der Waals surface area contributed by atoms with Crippen molar-refractivity contribution in [1.29, 1.82) is 0 Å². The summed E-state index contributed by atoms with van der Waals surface area (Å²) in [6.45, 7) is 1.71. The van der Waals surface area contributed by atoms with Crippen LogP contribution in [0.1, 0.15) is 20.2 Å². The summed E-state index contributed by atoms with van der Waals surface area (Å²) in [5.41, 5.74) is 0.522. The maximum atomic E-state index is 10.9. The van der Waals surface area contributed by atoms with E-state index in [0.717, 1.165) is 11.3 Å². The molecular weight excluding hydrogens is 284 g/mol. The lowest BCUT2D eigenvalue weighted by Gasteiger charge is -2.04. The van der Waals surface area contributed by atoms with E-state index in [2.05, 4.69) is 4.98 Å². The summed E-state index contributed by atoms with van der Waals surface area (Å²) in [4.78, 5) is 25.7. The number of carboxylic acid groups (broad SMARTS) is 1. The van der Waals surface area contributed by atoms with Gasteiger partial charge in [-0.2, -0.15) is 0 Å². The van der Waals surface area contributed by atoms with Gasteiger partial charge in [0.2, 0.25) is 5.75 Å². The molecule has 7 nitrogen and oxygen atoms in total. The van der Waals surface area contributed by atoms with E-state index in [9.17, 15) is 14.9 Å². The minimum atomic E-state index is -1.01. The number of aromatic nitrogens is 1. The van der Waals surface area contributed by atoms with E-state index >= 15 is 0 Å². The average molecular weight is 294 g/mol. The van der Waals surface area contributed by atoms with Crippen molar-refractivity contribution in [2.45, 2.75) is 13.5 Å². The highest BCUT2D eigenvalue weighted by molar-refractivity contribution is 7.13. The highest BCUT2D eigenvalue weighted by Gasteiger charge is 2.18. The van der Waals surface area contributed by atoms with Gasteiger partial charge in [-0.1, -0.05) is 0 Å². The number of carbonyl (C=O) groups is 1. The van der Waals surface area contributed by atoms with Crippen LogP contribution in [0.25, 0.3) is 0 Å². The van der Waals surface area contributed by atoms with Crippen molar-refractivity contribution >= 4 is 23.1 Å². The number of ether oxygens (including phenoxy) is 1. The topological polar surface area (TPSA) is 103 Å². The summed E-state index contributed by atoms with van der Waals surface area (Å²) < 4.78 is 5.35. The molecule has 0 spiro atoms. The van der Waals surface area contributed by atoms with Crippen LogP contribution < -0.4 is 4.74 Å². The molecule has 0 saturated heterocycles. The minimum absolute atomic E-state index is 0.0591. The lowest BCUT2D eigenvalue weighted by Crippen LogP contribution is -2.00. The van der Waals surface area contributed by atoms with E-state index in [-0.39, 0.29) is 23.1 Å². The van der Waals surface area contributed by atoms with Gasteiger partial charge in [0.1, 0.15) is 17.2 Å². The van der Waals surface area contributed by atoms with Crippen molar-refractivity contribution in [3.05, 3.63) is 49.8 Å². The minimum Gasteiger partial charge on any atom is -0.480 e. The predicted molar refractivity (Wildman–Crippen MR) is 71.2 cm³/mol. The number of rotatable bonds is 5. The molecule has 2 aromatic heterocycles. The van der Waals surface area contributed by atoms with Crippen molar-refractivity contribution in [3.63, 3.8) is 0 Å². The largest absolute Gasteiger partial charge is 0.480 e. The molecule has 0 fully saturated rings. The second-order valence-electron chi connectivity index (χ2n) is 3.89. The fourth-order valence-corrected chi connectivity index (χ4v) is 2.25. The smallest absolute Gasteiger partial charge is 0.406 e. The standard InChI is InChI=1S/C12H10N2O5S/c1-7-2-4-9(11(13-7)14(17)18)19-6-8-3-5-10(20-8)12(15)16/h2-5H,6H2,1H3,(H,15,16). The summed E-state index contributed by atoms with van der Waals surface area (Å²) >= 11 is 1.06. The van der Waals surface area contributed by atoms with E-state index < -0.39 is 10.9 Å². The maximum absolute atomic E-state index is 10.9. The molecule has 0 atom stereocenters. The number of aryl methyl sites for hydroxylation is 1. The molecule has 0 unspecified atom stereocenters. The molecule has 2 heterocycles. The number of carboxylic acids is 1. The number of hydrogen-bond acceptors (Lipinski definition) is 6. The zero-order valence-electron chi connectivity index (χ0n) is 10.4. The number of pyridine rings is 1. The zero-order valence-corrected chi connectivity index (χ0v) is 11.2. The molecule has 104 valence electrons. The summed E-state index contributed by atoms with van der Waals surface area (Å²) in [5.74, 6) is -1.30. The number of aromatic carboxylic acids is 1. The summed E-state index contributed by atoms with van der Waals surface area (Å²) in [6, 6.07) is 6.17. The van der Waals surface area contributed by atoms with Crippen molar-refractivity contribution in [2.24, 2.45) is 0 Å². The van der Waals surface area contributed by atoms with Gasteiger partial charge in [0.15, 0.2) is 0 Å². The molecule has 8 heteroatoms. The normalized spacial score (nSPS) is 10.2. The fraction of sp³-hybridized carbons (Fsp3) is 0.167. The van der Waals surface area contributed by atoms with Crippen LogP contribution in [0.15, 0.2) is 24.3 Å². The molecule has 0 aliphatic heterocycles. The third-order valence-electron chi connectivity index (χ3n) is 2.39. The summed E-state index contributed by atoms with van der Waals surface area (Å²) in [7, 11) is 0. The third-order valence-corrected chi connectivity index (χ3v) is 3.44.